The summed E-state index contributed by atoms with van der Waals surface area (Å²) >= 11 is 0. The van der Waals surface area contributed by atoms with Gasteiger partial charge in [-0.15, -0.1) is 0 Å². The molecule has 10 heteroatoms. The highest BCUT2D eigenvalue weighted by atomic mass is 32.2. The molecule has 1 amide bonds. The predicted molar refractivity (Wildman–Crippen MR) is 86.6 cm³/mol. The molecule has 3 rings (SSSR count). The van der Waals surface area contributed by atoms with Gasteiger partial charge in [-0.2, -0.15) is 0 Å². The van der Waals surface area contributed by atoms with Gasteiger partial charge in [0.1, 0.15) is 16.7 Å². The SMILES string of the molecule is [2H]C1([2H])C(=O)N2[C@@H](C(=O)OCc3ccccc3)[C@](C)(C([2H])([2H])N=[N+]=[N-])S(=O)(=O)[C@@H]21. The topological polar surface area (TPSA) is 130 Å². The highest BCUT2D eigenvalue weighted by molar-refractivity contribution is 7.94. The van der Waals surface area contributed by atoms with E-state index in [2.05, 4.69) is 10.0 Å². The maximum Gasteiger partial charge on any atom is 0.330 e. The molecule has 2 heterocycles. The van der Waals surface area contributed by atoms with E-state index >= 15 is 0 Å². The quantitative estimate of drug-likeness (QED) is 0.253. The van der Waals surface area contributed by atoms with Crippen molar-refractivity contribution in [3.8, 4) is 0 Å². The summed E-state index contributed by atoms with van der Waals surface area (Å²) in [6, 6.07) is 6.32. The number of azide groups is 1. The Balaban J connectivity index is 2.07. The Hall–Kier alpha value is -2.58. The number of ether oxygens (including phenoxy) is 1. The van der Waals surface area contributed by atoms with Crippen LogP contribution in [-0.2, 0) is 30.8 Å². The van der Waals surface area contributed by atoms with Crippen molar-refractivity contribution < 1.29 is 28.2 Å². The monoisotopic (exact) mass is 368 g/mol. The number of esters is 1. The van der Waals surface area contributed by atoms with Gasteiger partial charge in [0.2, 0.25) is 5.91 Å². The number of fused-ring (bicyclic) bond motifs is 1. The number of carbonyl (C=O) groups is 2. The van der Waals surface area contributed by atoms with Crippen LogP contribution in [0.15, 0.2) is 35.4 Å². The summed E-state index contributed by atoms with van der Waals surface area (Å²) < 4.78 is 60.0. The molecule has 2 saturated heterocycles. The Morgan fingerprint density at radius 3 is 2.88 bits per heavy atom. The van der Waals surface area contributed by atoms with E-state index in [1.165, 1.54) is 0 Å². The molecule has 0 N–H and O–H groups in total. The summed E-state index contributed by atoms with van der Waals surface area (Å²) in [5.41, 5.74) is 9.24. The first kappa shape index (κ1) is 12.7. The van der Waals surface area contributed by atoms with Crippen LogP contribution in [0.25, 0.3) is 10.4 Å². The van der Waals surface area contributed by atoms with Crippen LogP contribution in [0.1, 0.15) is 24.3 Å². The van der Waals surface area contributed by atoms with Crippen molar-refractivity contribution in [1.82, 2.24) is 4.90 Å². The third-order valence-corrected chi connectivity index (χ3v) is 6.61. The first-order valence-electron chi connectivity index (χ1n) is 9.17. The zero-order valence-electron chi connectivity index (χ0n) is 17.0. The summed E-state index contributed by atoms with van der Waals surface area (Å²) in [6.45, 7) is -2.64. The van der Waals surface area contributed by atoms with Gasteiger partial charge in [-0.25, -0.2) is 13.2 Å². The standard InChI is InChI=1S/C15H16N4O5S/c1-15(9-17-18-16)13(19-11(20)7-12(19)25(15,22)23)14(21)24-8-10-5-3-2-4-6-10/h2-6,12-13H,7-9H2,1H3/t12-,13+,15+/m1/s1/i7D2,9D2. The molecule has 132 valence electrons. The average Bonchev–Trinajstić information content (AvgIpc) is 2.84. The predicted octanol–water partition coefficient (Wildman–Crippen LogP) is 1.15. The summed E-state index contributed by atoms with van der Waals surface area (Å²) in [5, 5.41) is 0.801. The van der Waals surface area contributed by atoms with Crippen LogP contribution in [0.4, 0.5) is 0 Å². The van der Waals surface area contributed by atoms with Crippen molar-refractivity contribution >= 4 is 21.7 Å². The van der Waals surface area contributed by atoms with Crippen LogP contribution < -0.4 is 0 Å². The van der Waals surface area contributed by atoms with E-state index in [0.29, 0.717) is 10.5 Å². The number of nitrogens with zero attached hydrogens (tertiary/aromatic N) is 4. The Kier molecular flexibility index (Phi) is 3.08. The fraction of sp³-hybridized carbons (Fsp3) is 0.467. The maximum absolute atomic E-state index is 13.1. The Labute approximate surface area is 149 Å². The zero-order valence-corrected chi connectivity index (χ0v) is 13.8. The third kappa shape index (κ3) is 2.54. The van der Waals surface area contributed by atoms with Gasteiger partial charge in [-0.1, -0.05) is 35.4 Å². The lowest BCUT2D eigenvalue weighted by Gasteiger charge is -2.36. The molecule has 25 heavy (non-hydrogen) atoms. The molecule has 1 aromatic rings. The molecule has 3 atom stereocenters. The molecular formula is C15H16N4O5S. The lowest BCUT2D eigenvalue weighted by molar-refractivity contribution is -0.162. The number of hydrogen-bond acceptors (Lipinski definition) is 6. The third-order valence-electron chi connectivity index (χ3n) is 4.18. The molecular weight excluding hydrogens is 348 g/mol. The summed E-state index contributed by atoms with van der Waals surface area (Å²) in [6.07, 6.45) is -2.85. The van der Waals surface area contributed by atoms with Crippen molar-refractivity contribution in [2.45, 2.75) is 36.1 Å². The molecule has 0 saturated carbocycles. The second-order valence-electron chi connectivity index (χ2n) is 5.66. The fourth-order valence-corrected chi connectivity index (χ4v) is 4.74. The van der Waals surface area contributed by atoms with E-state index in [4.69, 9.17) is 15.8 Å². The second-order valence-corrected chi connectivity index (χ2v) is 8.04. The van der Waals surface area contributed by atoms with Crippen LogP contribution in [0.5, 0.6) is 0 Å². The first-order valence-corrected chi connectivity index (χ1v) is 8.71. The summed E-state index contributed by atoms with van der Waals surface area (Å²) in [5.74, 6) is -2.53. The fourth-order valence-electron chi connectivity index (χ4n) is 2.82. The Morgan fingerprint density at radius 1 is 1.56 bits per heavy atom. The molecule has 0 unspecified atom stereocenters. The molecule has 2 aliphatic heterocycles. The lowest BCUT2D eigenvalue weighted by atomic mass is 9.96. The van der Waals surface area contributed by atoms with Gasteiger partial charge in [-0.05, 0) is 18.0 Å². The van der Waals surface area contributed by atoms with Crippen LogP contribution in [0.2, 0.25) is 0 Å². The number of β-lactam (4-membered cyclic amide) rings is 1. The van der Waals surface area contributed by atoms with E-state index < -0.39 is 50.7 Å². The molecule has 0 spiro atoms. The van der Waals surface area contributed by atoms with E-state index in [0.717, 1.165) is 6.92 Å². The largest absolute Gasteiger partial charge is 0.459 e. The molecule has 0 aromatic heterocycles. The maximum atomic E-state index is 13.1. The van der Waals surface area contributed by atoms with Gasteiger partial charge in [0, 0.05) is 16.9 Å². The van der Waals surface area contributed by atoms with E-state index in [1.807, 2.05) is 0 Å². The van der Waals surface area contributed by atoms with Gasteiger partial charge >= 0.3 is 5.97 Å². The highest BCUT2D eigenvalue weighted by Gasteiger charge is 2.69. The Morgan fingerprint density at radius 2 is 2.24 bits per heavy atom. The molecule has 9 nitrogen and oxygen atoms in total. The smallest absolute Gasteiger partial charge is 0.330 e. The molecule has 2 fully saturated rings. The minimum absolute atomic E-state index is 0.281. The number of hydrogen-bond donors (Lipinski definition) is 0. The second kappa shape index (κ2) is 6.05. The van der Waals surface area contributed by atoms with Gasteiger partial charge < -0.3 is 9.64 Å². The van der Waals surface area contributed by atoms with Crippen molar-refractivity contribution in [3.63, 3.8) is 0 Å². The molecule has 1 aromatic carbocycles. The van der Waals surface area contributed by atoms with Crippen molar-refractivity contribution in [3.05, 3.63) is 46.3 Å². The number of sulfone groups is 1. The normalized spacial score (nSPS) is 34.3. The van der Waals surface area contributed by atoms with Crippen LogP contribution in [0.3, 0.4) is 0 Å². The number of rotatable bonds is 5. The first-order chi connectivity index (χ1) is 13.3. The average molecular weight is 368 g/mol. The van der Waals surface area contributed by atoms with Crippen molar-refractivity contribution in [1.29, 1.82) is 0 Å². The lowest BCUT2D eigenvalue weighted by Crippen LogP contribution is -2.58. The van der Waals surface area contributed by atoms with Crippen LogP contribution in [0, 0.1) is 0 Å². The van der Waals surface area contributed by atoms with Gasteiger partial charge in [0.05, 0.1) is 6.37 Å². The minimum atomic E-state index is -4.84. The van der Waals surface area contributed by atoms with Gasteiger partial charge in [-0.3, -0.25) is 4.79 Å². The van der Waals surface area contributed by atoms with Gasteiger partial charge in [0.15, 0.2) is 15.9 Å². The number of amides is 1. The minimum Gasteiger partial charge on any atom is -0.459 e. The number of carbonyl (C=O) groups excluding carboxylic acids is 2. The van der Waals surface area contributed by atoms with Gasteiger partial charge in [0.25, 0.3) is 0 Å². The molecule has 0 bridgehead atoms. The summed E-state index contributed by atoms with van der Waals surface area (Å²) in [4.78, 5) is 27.9. The van der Waals surface area contributed by atoms with Crippen molar-refractivity contribution in [2.24, 2.45) is 5.11 Å². The van der Waals surface area contributed by atoms with E-state index in [1.54, 1.807) is 30.3 Å². The van der Waals surface area contributed by atoms with Crippen molar-refractivity contribution in [2.75, 3.05) is 6.50 Å². The van der Waals surface area contributed by atoms with Crippen LogP contribution >= 0.6 is 0 Å². The molecule has 2 aliphatic rings. The molecule has 0 radical (unpaired) electrons. The van der Waals surface area contributed by atoms with E-state index in [9.17, 15) is 18.0 Å². The summed E-state index contributed by atoms with van der Waals surface area (Å²) in [7, 11) is -4.84. The molecule has 0 aliphatic carbocycles. The van der Waals surface area contributed by atoms with E-state index in [-0.39, 0.29) is 6.61 Å². The zero-order chi connectivity index (χ0) is 21.8. The van der Waals surface area contributed by atoms with Crippen LogP contribution in [-0.4, -0.2) is 47.9 Å². The Bertz CT molecular complexity index is 1030. The highest BCUT2D eigenvalue weighted by Crippen LogP contribution is 2.46. The number of benzene rings is 1.